The lowest BCUT2D eigenvalue weighted by Gasteiger charge is -2.30. The molecule has 0 spiro atoms. The number of hydrogen-bond donors (Lipinski definition) is 5. The Hall–Kier alpha value is -3.35. The zero-order valence-electron chi connectivity index (χ0n) is 33.1. The summed E-state index contributed by atoms with van der Waals surface area (Å²) in [6.45, 7) is 10.0. The van der Waals surface area contributed by atoms with E-state index in [1.807, 2.05) is 63.1 Å². The minimum Gasteiger partial charge on any atom is -0.370 e. The molecular weight excluding hydrogens is 739 g/mol. The number of methoxy groups -OCH3 is 3. The number of ether oxygens (including phenoxy) is 3. The van der Waals surface area contributed by atoms with E-state index in [1.165, 1.54) is 14.2 Å². The predicted molar refractivity (Wildman–Crippen MR) is 218 cm³/mol. The molecule has 2 fully saturated rings. The van der Waals surface area contributed by atoms with Crippen LogP contribution in [0.25, 0.3) is 16.8 Å². The summed E-state index contributed by atoms with van der Waals surface area (Å²) in [6.07, 6.45) is 4.00. The fourth-order valence-electron chi connectivity index (χ4n) is 7.29. The van der Waals surface area contributed by atoms with Gasteiger partial charge in [0.1, 0.15) is 0 Å². The van der Waals surface area contributed by atoms with Crippen LogP contribution in [0, 0.1) is 5.92 Å². The molecule has 0 aromatic heterocycles. The monoisotopic (exact) mass is 797 g/mol. The highest BCUT2D eigenvalue weighted by Crippen LogP contribution is 2.29. The summed E-state index contributed by atoms with van der Waals surface area (Å²) in [6, 6.07) is 16.5. The Morgan fingerprint density at radius 3 is 2.18 bits per heavy atom. The van der Waals surface area contributed by atoms with Gasteiger partial charge in [-0.3, -0.25) is 19.1 Å². The highest BCUT2D eigenvalue weighted by molar-refractivity contribution is 7.88. The summed E-state index contributed by atoms with van der Waals surface area (Å²) in [4.78, 5) is 30.9. The van der Waals surface area contributed by atoms with E-state index in [1.54, 1.807) is 7.11 Å². The Labute approximate surface area is 329 Å². The number of benzene rings is 2. The quantitative estimate of drug-likeness (QED) is 0.108. The van der Waals surface area contributed by atoms with Gasteiger partial charge in [-0.2, -0.15) is 0 Å². The highest BCUT2D eigenvalue weighted by Gasteiger charge is 2.36. The molecule has 2 amide bonds. The number of hydrogen-bond acceptors (Lipinski definition) is 12. The summed E-state index contributed by atoms with van der Waals surface area (Å²) in [5.74, 6) is -0.215. The minimum atomic E-state index is -1.83. The van der Waals surface area contributed by atoms with E-state index in [0.29, 0.717) is 19.5 Å². The van der Waals surface area contributed by atoms with Crippen molar-refractivity contribution in [2.45, 2.75) is 101 Å². The van der Waals surface area contributed by atoms with Crippen molar-refractivity contribution in [3.8, 4) is 11.1 Å². The molecule has 2 aromatic rings. The Kier molecular flexibility index (Phi) is 15.7. The SMILES string of the molecule is COC(O)/N=[Si](/C(=O)N1CCCC1CCC1NC=C(c2ccc(-c3ccc(NC(=O)[C@H]4CCN(C(OC)/S(=N/C(O)OC)C(C)C)C4)cc3)cc2)N1)C(C)C. The second-order valence-electron chi connectivity index (χ2n) is 14.8. The highest BCUT2D eigenvalue weighted by atomic mass is 32.2. The predicted octanol–water partition coefficient (Wildman–Crippen LogP) is 5.03. The number of carbonyl (C=O) groups excluding carboxylic acids is 2. The lowest BCUT2D eigenvalue weighted by atomic mass is 10.0. The van der Waals surface area contributed by atoms with Crippen LogP contribution in [-0.4, -0.2) is 117 Å². The first kappa shape index (κ1) is 42.8. The summed E-state index contributed by atoms with van der Waals surface area (Å²) in [5, 5.41) is 30.2. The van der Waals surface area contributed by atoms with Crippen molar-refractivity contribution in [2.75, 3.05) is 46.3 Å². The number of amides is 2. The van der Waals surface area contributed by atoms with Crippen LogP contribution in [0.3, 0.4) is 0 Å². The molecule has 55 heavy (non-hydrogen) atoms. The van der Waals surface area contributed by atoms with Crippen LogP contribution >= 0.6 is 0 Å². The average molecular weight is 798 g/mol. The molecule has 7 atom stereocenters. The lowest BCUT2D eigenvalue weighted by Crippen LogP contribution is -2.42. The Bertz CT molecular complexity index is 1690. The molecule has 0 saturated carbocycles. The molecule has 302 valence electrons. The normalized spacial score (nSPS) is 22.7. The van der Waals surface area contributed by atoms with Gasteiger partial charge in [0.05, 0.1) is 17.8 Å². The molecule has 0 radical (unpaired) electrons. The third kappa shape index (κ3) is 11.2. The maximum Gasteiger partial charge on any atom is 0.261 e. The van der Waals surface area contributed by atoms with E-state index >= 15 is 0 Å². The molecule has 0 bridgehead atoms. The van der Waals surface area contributed by atoms with Crippen LogP contribution in [0.4, 0.5) is 10.5 Å². The zero-order valence-corrected chi connectivity index (χ0v) is 34.9. The van der Waals surface area contributed by atoms with Gasteiger partial charge in [0, 0.05) is 64.1 Å². The second-order valence-corrected chi connectivity index (χ2v) is 19.6. The van der Waals surface area contributed by atoms with Gasteiger partial charge in [-0.1, -0.05) is 64.1 Å². The summed E-state index contributed by atoms with van der Waals surface area (Å²) >= 11 is 0. The van der Waals surface area contributed by atoms with Gasteiger partial charge >= 0.3 is 0 Å². The van der Waals surface area contributed by atoms with Gasteiger partial charge in [0.15, 0.2) is 5.56 Å². The van der Waals surface area contributed by atoms with Crippen LogP contribution in [-0.2, 0) is 29.7 Å². The molecule has 14 nitrogen and oxygen atoms in total. The van der Waals surface area contributed by atoms with Crippen LogP contribution in [0.2, 0.25) is 5.54 Å². The van der Waals surface area contributed by atoms with E-state index in [2.05, 4.69) is 54.1 Å². The molecule has 5 rings (SSSR count). The third-order valence-corrected chi connectivity index (χ3v) is 14.9. The second kappa shape index (κ2) is 20.2. The number of nitrogens with zero attached hydrogens (tertiary/aromatic N) is 4. The Morgan fingerprint density at radius 1 is 0.909 bits per heavy atom. The standard InChI is InChI=1S/C39H59N7O7SSi/c1-25(2)54(43-36(48)51-5)39(53-7)45-22-20-30(24-45)35(47)41-31-16-14-28(15-17-31)27-10-12-29(13-11-27)33-23-40-34(42-33)19-18-32-9-8-21-46(32)38(50)55(26(3)4)44-37(49)52-6/h10-17,23,25-26,30,32,34,36-37,39-40,42,48-49H,8-9,18-22,24H2,1-7H3,(H,41,47)/b55-44+/t30-,32?,34?,36?,37?,39?,54?/m0/s1. The van der Waals surface area contributed by atoms with Gasteiger partial charge in [-0.05, 0) is 77.2 Å². The topological polar surface area (TPSA) is 170 Å². The van der Waals surface area contributed by atoms with Crippen LogP contribution in [0.15, 0.2) is 63.7 Å². The van der Waals surface area contributed by atoms with Crippen molar-refractivity contribution in [2.24, 2.45) is 14.9 Å². The average Bonchev–Trinajstić information content (AvgIpc) is 3.98. The van der Waals surface area contributed by atoms with Crippen molar-refractivity contribution >= 4 is 42.1 Å². The van der Waals surface area contributed by atoms with Gasteiger partial charge in [0.2, 0.25) is 26.4 Å². The van der Waals surface area contributed by atoms with Crippen molar-refractivity contribution in [1.29, 1.82) is 0 Å². The Morgan fingerprint density at radius 2 is 1.56 bits per heavy atom. The van der Waals surface area contributed by atoms with Gasteiger partial charge in [-0.25, -0.2) is 4.36 Å². The maximum absolute atomic E-state index is 13.5. The first-order valence-electron chi connectivity index (χ1n) is 19.2. The number of carbonyl (C=O) groups is 2. The number of aliphatic hydroxyl groups excluding tert-OH is 2. The van der Waals surface area contributed by atoms with Crippen LogP contribution in [0.5, 0.6) is 0 Å². The number of aliphatic hydroxyl groups is 2. The summed E-state index contributed by atoms with van der Waals surface area (Å²) < 4.78 is 24.4. The largest absolute Gasteiger partial charge is 0.370 e. The van der Waals surface area contributed by atoms with Gasteiger partial charge < -0.3 is 45.3 Å². The molecule has 3 aliphatic rings. The maximum atomic E-state index is 13.5. The van der Waals surface area contributed by atoms with Gasteiger partial charge in [-0.15, -0.1) is 0 Å². The molecule has 6 unspecified atom stereocenters. The fraction of sp³-hybridized carbons (Fsp3) is 0.590. The van der Waals surface area contributed by atoms with E-state index in [4.69, 9.17) is 14.2 Å². The molecule has 5 N–H and O–H groups in total. The molecule has 2 aromatic carbocycles. The van der Waals surface area contributed by atoms with Crippen molar-refractivity contribution < 1.29 is 34.0 Å². The number of likely N-dealkylation sites (tertiary alicyclic amines) is 2. The molecule has 2 saturated heterocycles. The molecule has 3 aliphatic heterocycles. The minimum absolute atomic E-state index is 0.0262. The van der Waals surface area contributed by atoms with E-state index in [0.717, 1.165) is 60.3 Å². The molecule has 16 heteroatoms. The summed E-state index contributed by atoms with van der Waals surface area (Å²) in [7, 11) is 1.97. The smallest absolute Gasteiger partial charge is 0.261 e. The van der Waals surface area contributed by atoms with Crippen molar-refractivity contribution in [3.63, 3.8) is 0 Å². The number of anilines is 1. The first-order valence-corrected chi connectivity index (χ1v) is 22.0. The summed E-state index contributed by atoms with van der Waals surface area (Å²) in [5.41, 5.74) is 4.75. The third-order valence-electron chi connectivity index (χ3n) is 10.3. The van der Waals surface area contributed by atoms with Crippen LogP contribution in [0.1, 0.15) is 65.4 Å². The molecule has 0 aliphatic carbocycles. The van der Waals surface area contributed by atoms with Crippen molar-refractivity contribution in [3.05, 3.63) is 60.3 Å². The fourth-order valence-corrected chi connectivity index (χ4v) is 10.9. The van der Waals surface area contributed by atoms with Crippen molar-refractivity contribution in [1.82, 2.24) is 20.4 Å². The van der Waals surface area contributed by atoms with E-state index in [-0.39, 0.29) is 45.9 Å². The van der Waals surface area contributed by atoms with Crippen LogP contribution < -0.4 is 16.0 Å². The first-order chi connectivity index (χ1) is 26.4. The van der Waals surface area contributed by atoms with E-state index < -0.39 is 32.1 Å². The number of nitrogens with one attached hydrogen (secondary N) is 3. The zero-order chi connectivity index (χ0) is 39.6. The molecular formula is C39H59N7O7SSi. The Balaban J connectivity index is 1.10. The molecule has 3 heterocycles. The van der Waals surface area contributed by atoms with E-state index in [9.17, 15) is 19.8 Å². The number of rotatable bonds is 17. The lowest BCUT2D eigenvalue weighted by molar-refractivity contribution is -0.119. The van der Waals surface area contributed by atoms with Gasteiger partial charge in [0.25, 0.3) is 6.41 Å².